The second-order valence-corrected chi connectivity index (χ2v) is 8.68. The number of rotatable bonds is 6. The summed E-state index contributed by atoms with van der Waals surface area (Å²) in [5, 5.41) is 10.6. The molecule has 2 N–H and O–H groups in total. The van der Waals surface area contributed by atoms with Crippen LogP contribution in [0, 0.1) is 5.92 Å². The predicted molar refractivity (Wildman–Crippen MR) is 126 cm³/mol. The van der Waals surface area contributed by atoms with Crippen LogP contribution in [0.25, 0.3) is 22.3 Å². The molecule has 1 amide bonds. The molecule has 33 heavy (non-hydrogen) atoms. The maximum atomic E-state index is 13.4. The van der Waals surface area contributed by atoms with Crippen LogP contribution in [-0.2, 0) is 13.5 Å². The van der Waals surface area contributed by atoms with E-state index in [4.69, 9.17) is 14.5 Å². The van der Waals surface area contributed by atoms with Crippen molar-refractivity contribution < 1.29 is 14.3 Å². The number of para-hydroxylation sites is 2. The van der Waals surface area contributed by atoms with E-state index in [0.717, 1.165) is 39.2 Å². The van der Waals surface area contributed by atoms with Gasteiger partial charge in [-0.2, -0.15) is 5.10 Å². The number of benzene rings is 2. The Morgan fingerprint density at radius 3 is 2.58 bits per heavy atom. The van der Waals surface area contributed by atoms with Gasteiger partial charge in [-0.05, 0) is 35.7 Å². The molecule has 0 saturated heterocycles. The molecule has 5 rings (SSSR count). The van der Waals surface area contributed by atoms with Crippen LogP contribution in [0.4, 0.5) is 0 Å². The SMILES string of the molecule is COc1cc2c(cc1OC)-c1n[nH]c(C(=O)N[C@H](c3nc4ccccc4n3C)C(C)C)c1C2. The van der Waals surface area contributed by atoms with Crippen molar-refractivity contribution in [2.75, 3.05) is 14.2 Å². The minimum Gasteiger partial charge on any atom is -0.493 e. The molecular weight excluding hydrogens is 418 g/mol. The first-order valence-corrected chi connectivity index (χ1v) is 11.0. The minimum atomic E-state index is -0.252. The van der Waals surface area contributed by atoms with E-state index >= 15 is 0 Å². The number of carbonyl (C=O) groups is 1. The van der Waals surface area contributed by atoms with Gasteiger partial charge in [-0.25, -0.2) is 4.98 Å². The molecule has 8 heteroatoms. The number of aryl methyl sites for hydroxylation is 1. The average molecular weight is 446 g/mol. The van der Waals surface area contributed by atoms with E-state index in [1.165, 1.54) is 0 Å². The van der Waals surface area contributed by atoms with Crippen molar-refractivity contribution in [1.29, 1.82) is 0 Å². The van der Waals surface area contributed by atoms with Crippen LogP contribution in [0.2, 0.25) is 0 Å². The Labute approximate surface area is 191 Å². The second kappa shape index (κ2) is 7.95. The fourth-order valence-corrected chi connectivity index (χ4v) is 4.61. The zero-order valence-electron chi connectivity index (χ0n) is 19.4. The number of aromatic amines is 1. The zero-order valence-corrected chi connectivity index (χ0v) is 19.4. The second-order valence-electron chi connectivity index (χ2n) is 8.68. The van der Waals surface area contributed by atoms with Gasteiger partial charge in [0.15, 0.2) is 11.5 Å². The highest BCUT2D eigenvalue weighted by atomic mass is 16.5. The van der Waals surface area contributed by atoms with Crippen LogP contribution in [0.5, 0.6) is 11.5 Å². The summed E-state index contributed by atoms with van der Waals surface area (Å²) in [6.45, 7) is 4.16. The molecule has 1 aliphatic rings. The molecule has 0 aliphatic heterocycles. The minimum absolute atomic E-state index is 0.145. The Hall–Kier alpha value is -3.81. The van der Waals surface area contributed by atoms with Gasteiger partial charge < -0.3 is 19.4 Å². The molecule has 4 aromatic rings. The molecule has 170 valence electrons. The molecule has 0 saturated carbocycles. The van der Waals surface area contributed by atoms with Crippen LogP contribution < -0.4 is 14.8 Å². The van der Waals surface area contributed by atoms with E-state index in [0.29, 0.717) is 23.6 Å². The largest absolute Gasteiger partial charge is 0.493 e. The smallest absolute Gasteiger partial charge is 0.270 e. The number of H-pyrrole nitrogens is 1. The molecule has 0 spiro atoms. The Bertz CT molecular complexity index is 1370. The Balaban J connectivity index is 1.47. The standard InChI is InChI=1S/C25H27N5O3/c1-13(2)21(24-26-17-8-6-7-9-18(17)30(24)3)27-25(31)23-16-10-14-11-19(32-4)20(33-5)12-15(14)22(16)28-29-23/h6-9,11-13,21H,10H2,1-5H3,(H,27,31)(H,28,29)/t21-/m0/s1. The number of imidazole rings is 1. The van der Waals surface area contributed by atoms with E-state index in [-0.39, 0.29) is 17.9 Å². The van der Waals surface area contributed by atoms with Gasteiger partial charge in [0.05, 0.1) is 37.0 Å². The number of methoxy groups -OCH3 is 2. The molecule has 0 fully saturated rings. The molecule has 2 aromatic heterocycles. The lowest BCUT2D eigenvalue weighted by atomic mass is 10.0. The van der Waals surface area contributed by atoms with Crippen molar-refractivity contribution >= 4 is 16.9 Å². The lowest BCUT2D eigenvalue weighted by Crippen LogP contribution is -2.34. The monoisotopic (exact) mass is 445 g/mol. The number of hydrogen-bond acceptors (Lipinski definition) is 5. The maximum Gasteiger partial charge on any atom is 0.270 e. The summed E-state index contributed by atoms with van der Waals surface area (Å²) in [5.74, 6) is 2.08. The summed E-state index contributed by atoms with van der Waals surface area (Å²) in [4.78, 5) is 18.2. The molecule has 2 heterocycles. The van der Waals surface area contributed by atoms with E-state index in [1.807, 2.05) is 48.0 Å². The normalized spacial score (nSPS) is 13.2. The van der Waals surface area contributed by atoms with Gasteiger partial charge in [-0.1, -0.05) is 26.0 Å². The number of amides is 1. The summed E-state index contributed by atoms with van der Waals surface area (Å²) >= 11 is 0. The van der Waals surface area contributed by atoms with E-state index in [1.54, 1.807) is 14.2 Å². The Morgan fingerprint density at radius 1 is 1.15 bits per heavy atom. The van der Waals surface area contributed by atoms with Crippen LogP contribution in [0.15, 0.2) is 36.4 Å². The number of ether oxygens (including phenoxy) is 2. The van der Waals surface area contributed by atoms with Gasteiger partial charge >= 0.3 is 0 Å². The molecule has 0 bridgehead atoms. The van der Waals surface area contributed by atoms with Gasteiger partial charge in [-0.15, -0.1) is 0 Å². The summed E-state index contributed by atoms with van der Waals surface area (Å²) < 4.78 is 12.9. The summed E-state index contributed by atoms with van der Waals surface area (Å²) in [7, 11) is 5.21. The van der Waals surface area contributed by atoms with Crippen LogP contribution in [0.3, 0.4) is 0 Å². The van der Waals surface area contributed by atoms with E-state index in [9.17, 15) is 4.79 Å². The fraction of sp³-hybridized carbons (Fsp3) is 0.320. The van der Waals surface area contributed by atoms with E-state index in [2.05, 4.69) is 29.4 Å². The molecule has 0 radical (unpaired) electrons. The van der Waals surface area contributed by atoms with Crippen LogP contribution in [-0.4, -0.2) is 39.9 Å². The Morgan fingerprint density at radius 2 is 1.88 bits per heavy atom. The third-order valence-electron chi connectivity index (χ3n) is 6.38. The summed E-state index contributed by atoms with van der Waals surface area (Å²) in [6.07, 6.45) is 0.600. The van der Waals surface area contributed by atoms with Crippen LogP contribution >= 0.6 is 0 Å². The lowest BCUT2D eigenvalue weighted by molar-refractivity contribution is 0.0916. The first kappa shape index (κ1) is 21.1. The quantitative estimate of drug-likeness (QED) is 0.412. The topological polar surface area (TPSA) is 94.1 Å². The zero-order chi connectivity index (χ0) is 23.3. The summed E-state index contributed by atoms with van der Waals surface area (Å²) in [5.41, 5.74) is 6.09. The highest BCUT2D eigenvalue weighted by molar-refractivity contribution is 5.97. The third kappa shape index (κ3) is 3.33. The number of nitrogens with one attached hydrogen (secondary N) is 2. The van der Waals surface area contributed by atoms with Gasteiger partial charge in [0.2, 0.25) is 0 Å². The number of carbonyl (C=O) groups excluding carboxylic acids is 1. The first-order valence-electron chi connectivity index (χ1n) is 11.0. The third-order valence-corrected chi connectivity index (χ3v) is 6.38. The van der Waals surface area contributed by atoms with Crippen LogP contribution in [0.1, 0.15) is 47.3 Å². The molecule has 8 nitrogen and oxygen atoms in total. The lowest BCUT2D eigenvalue weighted by Gasteiger charge is -2.22. The van der Waals surface area contributed by atoms with Crippen molar-refractivity contribution in [3.63, 3.8) is 0 Å². The van der Waals surface area contributed by atoms with Gasteiger partial charge in [0.25, 0.3) is 5.91 Å². The molecule has 1 atom stereocenters. The van der Waals surface area contributed by atoms with Crippen molar-refractivity contribution in [1.82, 2.24) is 25.1 Å². The molecular formula is C25H27N5O3. The maximum absolute atomic E-state index is 13.4. The van der Waals surface area contributed by atoms with E-state index < -0.39 is 0 Å². The van der Waals surface area contributed by atoms with Crippen molar-refractivity contribution in [3.05, 3.63) is 59.0 Å². The first-order chi connectivity index (χ1) is 15.9. The molecule has 2 aromatic carbocycles. The highest BCUT2D eigenvalue weighted by Crippen LogP contribution is 2.42. The predicted octanol–water partition coefficient (Wildman–Crippen LogP) is 4.01. The number of hydrogen-bond donors (Lipinski definition) is 2. The van der Waals surface area contributed by atoms with Gasteiger partial charge in [0.1, 0.15) is 11.5 Å². The van der Waals surface area contributed by atoms with Crippen molar-refractivity contribution in [2.24, 2.45) is 13.0 Å². The van der Waals surface area contributed by atoms with Gasteiger partial charge in [-0.3, -0.25) is 9.89 Å². The number of nitrogens with zero attached hydrogens (tertiary/aromatic N) is 3. The van der Waals surface area contributed by atoms with Crippen molar-refractivity contribution in [3.8, 4) is 22.8 Å². The van der Waals surface area contributed by atoms with Gasteiger partial charge in [0, 0.05) is 24.6 Å². The highest BCUT2D eigenvalue weighted by Gasteiger charge is 2.31. The Kier molecular flexibility index (Phi) is 5.08. The summed E-state index contributed by atoms with van der Waals surface area (Å²) in [6, 6.07) is 11.6. The van der Waals surface area contributed by atoms with Crippen molar-refractivity contribution in [2.45, 2.75) is 26.3 Å². The molecule has 0 unspecified atom stereocenters. The molecule has 1 aliphatic carbocycles. The number of aromatic nitrogens is 4. The fourth-order valence-electron chi connectivity index (χ4n) is 4.61. The average Bonchev–Trinajstić information content (AvgIpc) is 3.48. The number of fused-ring (bicyclic) bond motifs is 4.